The maximum atomic E-state index is 11.4. The van der Waals surface area contributed by atoms with E-state index in [0.717, 1.165) is 18.4 Å². The number of unbranched alkanes of at least 4 members (excludes halogenated alkanes) is 17. The number of aryl methyl sites for hydroxylation is 1. The van der Waals surface area contributed by atoms with Crippen LogP contribution < -0.4 is 0 Å². The van der Waals surface area contributed by atoms with Gasteiger partial charge in [-0.05, 0) is 24.5 Å². The van der Waals surface area contributed by atoms with Crippen molar-refractivity contribution in [2.75, 3.05) is 0 Å². The van der Waals surface area contributed by atoms with Crippen molar-refractivity contribution >= 4 is 47.9 Å². The molecule has 0 spiro atoms. The van der Waals surface area contributed by atoms with Crippen molar-refractivity contribution in [1.82, 2.24) is 0 Å². The van der Waals surface area contributed by atoms with E-state index in [4.69, 9.17) is 0 Å². The van der Waals surface area contributed by atoms with Gasteiger partial charge in [-0.25, -0.2) is 0 Å². The number of hydrogen-bond acceptors (Lipinski definition) is 2. The van der Waals surface area contributed by atoms with Crippen LogP contribution in [0.25, 0.3) is 0 Å². The molecule has 0 saturated carbocycles. The van der Waals surface area contributed by atoms with E-state index >= 15 is 0 Å². The van der Waals surface area contributed by atoms with Crippen LogP contribution in [0.4, 0.5) is 0 Å². The second-order valence-electron chi connectivity index (χ2n) is 8.84. The number of benzene rings is 1. The maximum absolute atomic E-state index is 11.4. The second kappa shape index (κ2) is 21.0. The molecule has 0 aromatic heterocycles. The summed E-state index contributed by atoms with van der Waals surface area (Å²) in [5, 5.41) is 0. The van der Waals surface area contributed by atoms with Gasteiger partial charge in [-0.15, -0.1) is 0 Å². The summed E-state index contributed by atoms with van der Waals surface area (Å²) in [5.41, 5.74) is 0.733. The fourth-order valence-corrected chi connectivity index (χ4v) is 4.93. The van der Waals surface area contributed by atoms with Crippen LogP contribution in [0.5, 0.6) is 0 Å². The Morgan fingerprint density at radius 2 is 0.968 bits per heavy atom. The van der Waals surface area contributed by atoms with E-state index in [0.29, 0.717) is 6.42 Å². The van der Waals surface area contributed by atoms with Gasteiger partial charge in [0, 0.05) is 0 Å². The second-order valence-corrected chi connectivity index (χ2v) is 10.2. The third kappa shape index (κ3) is 17.5. The van der Waals surface area contributed by atoms with Crippen molar-refractivity contribution in [3.63, 3.8) is 0 Å². The van der Waals surface area contributed by atoms with Gasteiger partial charge in [0.05, 0.1) is 4.90 Å². The van der Waals surface area contributed by atoms with Gasteiger partial charge in [-0.3, -0.25) is 4.55 Å². The van der Waals surface area contributed by atoms with Gasteiger partial charge in [-0.1, -0.05) is 134 Å². The van der Waals surface area contributed by atoms with Gasteiger partial charge in [-0.2, -0.15) is 8.42 Å². The summed E-state index contributed by atoms with van der Waals surface area (Å²) >= 11 is 0. The summed E-state index contributed by atoms with van der Waals surface area (Å²) in [6.45, 7) is 2.28. The van der Waals surface area contributed by atoms with Crippen molar-refractivity contribution in [3.8, 4) is 0 Å². The Morgan fingerprint density at radius 3 is 1.35 bits per heavy atom. The van der Waals surface area contributed by atoms with Gasteiger partial charge in [0.2, 0.25) is 0 Å². The first-order valence-electron chi connectivity index (χ1n) is 12.6. The summed E-state index contributed by atoms with van der Waals surface area (Å²) in [5.74, 6) is 0. The first kappa shape index (κ1) is 31.4. The first-order chi connectivity index (χ1) is 14.6. The van der Waals surface area contributed by atoms with Crippen molar-refractivity contribution in [2.24, 2.45) is 0 Å². The zero-order chi connectivity index (χ0) is 21.9. The SMILES string of the molecule is CCCCCCCCCCCCCCCCCCCCc1ccccc1S(=O)(=O)O.[CaH2]. The molecule has 0 saturated heterocycles. The van der Waals surface area contributed by atoms with Crippen LogP contribution >= 0.6 is 0 Å². The topological polar surface area (TPSA) is 54.4 Å². The molecular weight excluding hydrogens is 432 g/mol. The van der Waals surface area contributed by atoms with E-state index < -0.39 is 10.1 Å². The van der Waals surface area contributed by atoms with Crippen molar-refractivity contribution in [3.05, 3.63) is 29.8 Å². The Kier molecular flexibility index (Phi) is 21.2. The van der Waals surface area contributed by atoms with E-state index in [1.807, 2.05) is 6.07 Å². The molecule has 1 aromatic rings. The van der Waals surface area contributed by atoms with Crippen LogP contribution in [0, 0.1) is 0 Å². The van der Waals surface area contributed by atoms with Gasteiger partial charge in [0.1, 0.15) is 0 Å². The molecule has 1 N–H and O–H groups in total. The number of hydrogen-bond donors (Lipinski definition) is 1. The molecule has 0 bridgehead atoms. The zero-order valence-corrected chi connectivity index (χ0v) is 20.2. The standard InChI is InChI=1S/C26H46O3S.Ca.2H/c1-2-3-4-5-6-7-8-9-10-11-12-13-14-15-16-17-18-19-22-25-23-20-21-24-26(25)30(27,28)29;;;/h20-21,23-24H,2-19,22H2,1H3,(H,27,28,29);;;. The third-order valence-electron chi connectivity index (χ3n) is 6.05. The normalized spacial score (nSPS) is 11.4. The molecule has 0 fully saturated rings. The van der Waals surface area contributed by atoms with Gasteiger partial charge in [0.15, 0.2) is 0 Å². The van der Waals surface area contributed by atoms with Crippen LogP contribution in [0.3, 0.4) is 0 Å². The Labute approximate surface area is 222 Å². The molecule has 31 heavy (non-hydrogen) atoms. The molecule has 0 aliphatic rings. The molecule has 0 aliphatic heterocycles. The quantitative estimate of drug-likeness (QED) is 0.119. The van der Waals surface area contributed by atoms with Gasteiger partial charge in [0.25, 0.3) is 10.1 Å². The van der Waals surface area contributed by atoms with Crippen LogP contribution in [0.15, 0.2) is 29.2 Å². The minimum atomic E-state index is -4.11. The van der Waals surface area contributed by atoms with Gasteiger partial charge < -0.3 is 0 Å². The molecule has 1 aromatic carbocycles. The molecule has 0 heterocycles. The van der Waals surface area contributed by atoms with Gasteiger partial charge >= 0.3 is 37.7 Å². The zero-order valence-electron chi connectivity index (χ0n) is 19.4. The Morgan fingerprint density at radius 1 is 0.613 bits per heavy atom. The first-order valence-corrected chi connectivity index (χ1v) is 14.0. The van der Waals surface area contributed by atoms with E-state index in [9.17, 15) is 13.0 Å². The predicted molar refractivity (Wildman–Crippen MR) is 137 cm³/mol. The molecule has 178 valence electrons. The fourth-order valence-electron chi connectivity index (χ4n) is 4.18. The molecule has 0 aliphatic carbocycles. The van der Waals surface area contributed by atoms with E-state index in [-0.39, 0.29) is 42.6 Å². The summed E-state index contributed by atoms with van der Waals surface area (Å²) in [4.78, 5) is 0.0666. The third-order valence-corrected chi connectivity index (χ3v) is 7.00. The fraction of sp³-hybridized carbons (Fsp3) is 0.769. The molecule has 0 unspecified atom stereocenters. The Hall–Kier alpha value is 0.390. The molecule has 0 atom stereocenters. The van der Waals surface area contributed by atoms with E-state index in [1.54, 1.807) is 12.1 Å². The Bertz CT molecular complexity index is 631. The predicted octanol–water partition coefficient (Wildman–Crippen LogP) is 7.60. The summed E-state index contributed by atoms with van der Waals surface area (Å²) in [6, 6.07) is 6.77. The molecule has 0 radical (unpaired) electrons. The van der Waals surface area contributed by atoms with E-state index in [2.05, 4.69) is 6.92 Å². The van der Waals surface area contributed by atoms with Crippen LogP contribution in [-0.4, -0.2) is 50.7 Å². The Balaban J connectivity index is 0.00000900. The molecule has 0 amide bonds. The summed E-state index contributed by atoms with van der Waals surface area (Å²) in [7, 11) is -4.11. The monoisotopic (exact) mass is 480 g/mol. The van der Waals surface area contributed by atoms with Crippen LogP contribution in [-0.2, 0) is 16.5 Å². The summed E-state index contributed by atoms with van der Waals surface area (Å²) in [6.07, 6.45) is 24.9. The molecule has 3 nitrogen and oxygen atoms in total. The van der Waals surface area contributed by atoms with Crippen molar-refractivity contribution in [1.29, 1.82) is 0 Å². The molecule has 5 heteroatoms. The molecular formula is C26H48CaO3S. The minimum absolute atomic E-state index is 0. The number of rotatable bonds is 20. The van der Waals surface area contributed by atoms with Crippen LogP contribution in [0.1, 0.15) is 128 Å². The van der Waals surface area contributed by atoms with Crippen molar-refractivity contribution < 1.29 is 13.0 Å². The average Bonchev–Trinajstić information content (AvgIpc) is 2.72. The molecule has 1 rings (SSSR count). The van der Waals surface area contributed by atoms with Crippen LogP contribution in [0.2, 0.25) is 0 Å². The van der Waals surface area contributed by atoms with Crippen molar-refractivity contribution in [2.45, 2.75) is 134 Å². The van der Waals surface area contributed by atoms with E-state index in [1.165, 1.54) is 109 Å². The average molecular weight is 481 g/mol. The summed E-state index contributed by atoms with van der Waals surface area (Å²) < 4.78 is 32.1.